The molecule has 5 rings (SSSR count). The molecule has 1 saturated heterocycles. The summed E-state index contributed by atoms with van der Waals surface area (Å²) in [6, 6.07) is 13.1. The molecule has 0 bridgehead atoms. The fourth-order valence-corrected chi connectivity index (χ4v) is 6.18. The second-order valence-electron chi connectivity index (χ2n) is 9.54. The first kappa shape index (κ1) is 23.5. The lowest BCUT2D eigenvalue weighted by Gasteiger charge is -2.48. The van der Waals surface area contributed by atoms with Crippen molar-refractivity contribution in [3.05, 3.63) is 57.0 Å². The van der Waals surface area contributed by atoms with Gasteiger partial charge in [0.1, 0.15) is 11.5 Å². The van der Waals surface area contributed by atoms with E-state index in [2.05, 4.69) is 71.8 Å². The minimum absolute atomic E-state index is 0.0693. The Kier molecular flexibility index (Phi) is 6.11. The van der Waals surface area contributed by atoms with E-state index in [1.807, 2.05) is 10.6 Å². The lowest BCUT2D eigenvalue weighted by atomic mass is 9.98. The second kappa shape index (κ2) is 9.10. The van der Waals surface area contributed by atoms with Crippen molar-refractivity contribution in [2.24, 2.45) is 7.05 Å². The van der Waals surface area contributed by atoms with Crippen LogP contribution in [0.3, 0.4) is 0 Å². The molecule has 8 nitrogen and oxygen atoms in total. The molecule has 9 heteroatoms. The van der Waals surface area contributed by atoms with Crippen LogP contribution in [0.15, 0.2) is 35.1 Å². The van der Waals surface area contributed by atoms with Gasteiger partial charge in [0, 0.05) is 50.4 Å². The maximum atomic E-state index is 12.8. The van der Waals surface area contributed by atoms with Crippen LogP contribution in [0.1, 0.15) is 49.5 Å². The number of fused-ring (bicyclic) bond motifs is 2. The van der Waals surface area contributed by atoms with Gasteiger partial charge in [-0.1, -0.05) is 13.0 Å². The molecule has 0 amide bonds. The van der Waals surface area contributed by atoms with E-state index in [0.717, 1.165) is 35.9 Å². The predicted molar refractivity (Wildman–Crippen MR) is 140 cm³/mol. The van der Waals surface area contributed by atoms with E-state index in [9.17, 15) is 4.79 Å². The van der Waals surface area contributed by atoms with Crippen molar-refractivity contribution in [1.29, 1.82) is 5.26 Å². The first-order valence-electron chi connectivity index (χ1n) is 12.2. The number of piperazine rings is 1. The molecule has 0 radical (unpaired) electrons. The summed E-state index contributed by atoms with van der Waals surface area (Å²) in [6.45, 7) is 10.5. The zero-order valence-corrected chi connectivity index (χ0v) is 21.7. The third-order valence-electron chi connectivity index (χ3n) is 7.29. The van der Waals surface area contributed by atoms with Crippen LogP contribution in [0, 0.1) is 18.3 Å². The molecule has 0 N–H and O–H groups in total. The Morgan fingerprint density at radius 3 is 2.80 bits per heavy atom. The third kappa shape index (κ3) is 4.11. The summed E-state index contributed by atoms with van der Waals surface area (Å²) in [7, 11) is 1.75. The highest BCUT2D eigenvalue weighted by Crippen LogP contribution is 2.33. The van der Waals surface area contributed by atoms with E-state index in [4.69, 9.17) is 5.26 Å². The average molecular weight is 490 g/mol. The number of anilines is 1. The van der Waals surface area contributed by atoms with Gasteiger partial charge in [-0.15, -0.1) is 11.3 Å². The van der Waals surface area contributed by atoms with Gasteiger partial charge in [-0.05, 0) is 44.9 Å². The number of benzene rings is 1. The van der Waals surface area contributed by atoms with Gasteiger partial charge in [0.05, 0.1) is 33.4 Å². The average Bonchev–Trinajstić information content (AvgIpc) is 3.43. The van der Waals surface area contributed by atoms with Crippen LogP contribution < -0.4 is 10.5 Å². The van der Waals surface area contributed by atoms with E-state index >= 15 is 0 Å². The minimum atomic E-state index is -0.0693. The Bertz CT molecular complexity index is 1490. The van der Waals surface area contributed by atoms with Crippen LogP contribution >= 0.6 is 11.3 Å². The summed E-state index contributed by atoms with van der Waals surface area (Å²) < 4.78 is 4.66. The van der Waals surface area contributed by atoms with Crippen molar-refractivity contribution in [2.45, 2.75) is 58.7 Å². The van der Waals surface area contributed by atoms with Crippen molar-refractivity contribution in [3.8, 4) is 6.07 Å². The monoisotopic (exact) mass is 489 g/mol. The maximum Gasteiger partial charge on any atom is 0.255 e. The molecule has 4 heterocycles. The molecule has 35 heavy (non-hydrogen) atoms. The number of aromatic nitrogens is 4. The van der Waals surface area contributed by atoms with Crippen LogP contribution in [0.5, 0.6) is 0 Å². The zero-order chi connectivity index (χ0) is 24.9. The number of nitrogens with zero attached hydrogens (tertiary/aromatic N) is 7. The topological polar surface area (TPSA) is 82.5 Å². The van der Waals surface area contributed by atoms with E-state index < -0.39 is 0 Å². The van der Waals surface area contributed by atoms with Gasteiger partial charge in [-0.25, -0.2) is 9.50 Å². The molecule has 0 saturated carbocycles. The fraction of sp³-hybridized carbons (Fsp3) is 0.462. The predicted octanol–water partition coefficient (Wildman–Crippen LogP) is 4.07. The zero-order valence-electron chi connectivity index (χ0n) is 20.9. The van der Waals surface area contributed by atoms with Crippen molar-refractivity contribution in [1.82, 2.24) is 24.1 Å². The third-order valence-corrected chi connectivity index (χ3v) is 8.23. The molecule has 182 valence electrons. The van der Waals surface area contributed by atoms with Gasteiger partial charge >= 0.3 is 0 Å². The number of thiazole rings is 1. The Hall–Kier alpha value is -3.22. The lowest BCUT2D eigenvalue weighted by Crippen LogP contribution is -2.58. The first-order valence-corrected chi connectivity index (χ1v) is 13.0. The Labute approximate surface area is 209 Å². The van der Waals surface area contributed by atoms with Gasteiger partial charge in [-0.2, -0.15) is 10.4 Å². The Balaban J connectivity index is 1.48. The smallest absolute Gasteiger partial charge is 0.255 e. The molecule has 3 atom stereocenters. The van der Waals surface area contributed by atoms with E-state index in [0.29, 0.717) is 17.4 Å². The molecule has 4 aromatic rings. The van der Waals surface area contributed by atoms with Gasteiger partial charge in [0.2, 0.25) is 0 Å². The van der Waals surface area contributed by atoms with E-state index in [-0.39, 0.29) is 24.1 Å². The van der Waals surface area contributed by atoms with Crippen LogP contribution in [-0.2, 0) is 13.5 Å². The highest BCUT2D eigenvalue weighted by Gasteiger charge is 2.35. The summed E-state index contributed by atoms with van der Waals surface area (Å²) in [5.41, 5.74) is 3.69. The largest absolute Gasteiger partial charge is 0.351 e. The summed E-state index contributed by atoms with van der Waals surface area (Å²) in [5, 5.41) is 14.9. The summed E-state index contributed by atoms with van der Waals surface area (Å²) in [5.74, 6) is 0.798. The van der Waals surface area contributed by atoms with Gasteiger partial charge < -0.3 is 4.90 Å². The maximum absolute atomic E-state index is 12.8. The van der Waals surface area contributed by atoms with E-state index in [1.165, 1.54) is 10.3 Å². The standard InChI is InChI=1S/C26H31N7OS/c1-6-21-15-31(25-13-26(34)30(5)24-12-20(9-10-27)29-33(24)25)16(2)14-32(21)17(3)19-7-8-22-23(11-19)35-18(4)28-22/h7-8,11-13,16-17,21H,6,9,14-15H2,1-5H3/t16-,17-,21+/m0/s1. The van der Waals surface area contributed by atoms with Crippen molar-refractivity contribution < 1.29 is 0 Å². The van der Waals surface area contributed by atoms with Gasteiger partial charge in [0.15, 0.2) is 0 Å². The van der Waals surface area contributed by atoms with Gasteiger partial charge in [-0.3, -0.25) is 14.3 Å². The molecule has 1 fully saturated rings. The van der Waals surface area contributed by atoms with Crippen LogP contribution in [-0.4, -0.2) is 49.2 Å². The lowest BCUT2D eigenvalue weighted by molar-refractivity contribution is 0.105. The number of aryl methyl sites for hydroxylation is 2. The molecular weight excluding hydrogens is 458 g/mol. The molecule has 1 aliphatic rings. The number of hydrogen-bond acceptors (Lipinski definition) is 7. The number of rotatable bonds is 5. The first-order chi connectivity index (χ1) is 16.8. The highest BCUT2D eigenvalue weighted by molar-refractivity contribution is 7.18. The highest BCUT2D eigenvalue weighted by atomic mass is 32.1. The Morgan fingerprint density at radius 1 is 1.26 bits per heavy atom. The summed E-state index contributed by atoms with van der Waals surface area (Å²) in [4.78, 5) is 22.3. The van der Waals surface area contributed by atoms with Gasteiger partial charge in [0.25, 0.3) is 5.56 Å². The van der Waals surface area contributed by atoms with Crippen LogP contribution in [0.2, 0.25) is 0 Å². The molecule has 1 aliphatic heterocycles. The quantitative estimate of drug-likeness (QED) is 0.420. The van der Waals surface area contributed by atoms with Crippen LogP contribution in [0.4, 0.5) is 5.82 Å². The Morgan fingerprint density at radius 2 is 2.06 bits per heavy atom. The van der Waals surface area contributed by atoms with Crippen LogP contribution in [0.25, 0.3) is 15.9 Å². The van der Waals surface area contributed by atoms with E-state index in [1.54, 1.807) is 29.0 Å². The molecule has 0 spiro atoms. The van der Waals surface area contributed by atoms with Crippen molar-refractivity contribution >= 4 is 33.0 Å². The second-order valence-corrected chi connectivity index (χ2v) is 10.8. The molecule has 0 unspecified atom stereocenters. The van der Waals surface area contributed by atoms with Crippen molar-refractivity contribution in [3.63, 3.8) is 0 Å². The van der Waals surface area contributed by atoms with Crippen molar-refractivity contribution in [2.75, 3.05) is 18.0 Å². The summed E-state index contributed by atoms with van der Waals surface area (Å²) in [6.07, 6.45) is 1.22. The minimum Gasteiger partial charge on any atom is -0.351 e. The normalized spacial score (nSPS) is 19.9. The molecule has 3 aromatic heterocycles. The fourth-order valence-electron chi connectivity index (χ4n) is 5.31. The molecule has 1 aromatic carbocycles. The SMILES string of the molecule is CC[C@@H]1CN(c2cc(=O)n(C)c3cc(CC#N)nn23)[C@@H](C)CN1[C@@H](C)c1ccc2nc(C)sc2c1. The molecular formula is C26H31N7OS. The molecule has 0 aliphatic carbocycles. The number of hydrogen-bond donors (Lipinski definition) is 0. The summed E-state index contributed by atoms with van der Waals surface area (Å²) >= 11 is 1.74. The number of nitriles is 1.